The topological polar surface area (TPSA) is 109 Å². The van der Waals surface area contributed by atoms with Crippen LogP contribution in [0.3, 0.4) is 0 Å². The molecule has 1 aliphatic rings. The number of aromatic nitrogens is 2. The number of anilines is 1. The summed E-state index contributed by atoms with van der Waals surface area (Å²) in [5.74, 6) is 1.54. The predicted molar refractivity (Wildman–Crippen MR) is 81.0 cm³/mol. The van der Waals surface area contributed by atoms with E-state index in [1.54, 1.807) is 19.1 Å². The number of nitrogens with zero attached hydrogens (tertiary/aromatic N) is 5. The lowest BCUT2D eigenvalue weighted by atomic mass is 9.96. The molecule has 1 fully saturated rings. The number of hydrogen-bond donors (Lipinski definition) is 0. The van der Waals surface area contributed by atoms with Crippen LogP contribution in [-0.4, -0.2) is 28.2 Å². The highest BCUT2D eigenvalue weighted by atomic mass is 16.6. The number of rotatable bonds is 3. The van der Waals surface area contributed by atoms with Crippen LogP contribution in [0.15, 0.2) is 22.7 Å². The zero-order valence-corrected chi connectivity index (χ0v) is 12.6. The van der Waals surface area contributed by atoms with Gasteiger partial charge in [-0.3, -0.25) is 10.1 Å². The van der Waals surface area contributed by atoms with Crippen LogP contribution in [0.25, 0.3) is 0 Å². The SMILES string of the molecule is Cc1noc(C2CCN(c3ccc([N+](=O)[O-])c(C#N)c3)CC2)n1. The summed E-state index contributed by atoms with van der Waals surface area (Å²) in [6.45, 7) is 3.34. The lowest BCUT2D eigenvalue weighted by molar-refractivity contribution is -0.385. The van der Waals surface area contributed by atoms with E-state index < -0.39 is 4.92 Å². The van der Waals surface area contributed by atoms with Gasteiger partial charge in [0.1, 0.15) is 11.6 Å². The predicted octanol–water partition coefficient (Wildman–Crippen LogP) is 2.54. The molecule has 118 valence electrons. The van der Waals surface area contributed by atoms with Gasteiger partial charge in [-0.15, -0.1) is 0 Å². The first-order chi connectivity index (χ1) is 11.1. The van der Waals surface area contributed by atoms with Gasteiger partial charge in [0.15, 0.2) is 5.82 Å². The van der Waals surface area contributed by atoms with E-state index in [2.05, 4.69) is 15.0 Å². The van der Waals surface area contributed by atoms with E-state index in [1.165, 1.54) is 6.07 Å². The van der Waals surface area contributed by atoms with Gasteiger partial charge in [-0.1, -0.05) is 5.16 Å². The van der Waals surface area contributed by atoms with Crippen LogP contribution in [0.2, 0.25) is 0 Å². The van der Waals surface area contributed by atoms with Gasteiger partial charge in [0.2, 0.25) is 5.89 Å². The summed E-state index contributed by atoms with van der Waals surface area (Å²) >= 11 is 0. The average Bonchev–Trinajstić information content (AvgIpc) is 3.00. The van der Waals surface area contributed by atoms with Gasteiger partial charge < -0.3 is 9.42 Å². The van der Waals surface area contributed by atoms with Crippen molar-refractivity contribution in [3.8, 4) is 6.07 Å². The van der Waals surface area contributed by atoms with Crippen LogP contribution in [-0.2, 0) is 0 Å². The molecular formula is C15H15N5O3. The maximum absolute atomic E-state index is 10.9. The number of nitro groups is 1. The van der Waals surface area contributed by atoms with Gasteiger partial charge in [-0.05, 0) is 31.9 Å². The molecule has 1 aromatic carbocycles. The molecule has 3 rings (SSSR count). The van der Waals surface area contributed by atoms with Crippen molar-refractivity contribution in [2.45, 2.75) is 25.7 Å². The summed E-state index contributed by atoms with van der Waals surface area (Å²) in [5, 5.41) is 23.8. The van der Waals surface area contributed by atoms with Crippen LogP contribution in [0.4, 0.5) is 11.4 Å². The van der Waals surface area contributed by atoms with Gasteiger partial charge in [-0.25, -0.2) is 0 Å². The highest BCUT2D eigenvalue weighted by molar-refractivity contribution is 5.60. The summed E-state index contributed by atoms with van der Waals surface area (Å²) in [6.07, 6.45) is 1.72. The molecule has 8 nitrogen and oxygen atoms in total. The van der Waals surface area contributed by atoms with E-state index in [0.717, 1.165) is 31.6 Å². The highest BCUT2D eigenvalue weighted by Gasteiger charge is 2.26. The Morgan fingerprint density at radius 3 is 2.74 bits per heavy atom. The Morgan fingerprint density at radius 1 is 1.43 bits per heavy atom. The van der Waals surface area contributed by atoms with Gasteiger partial charge in [0, 0.05) is 30.8 Å². The number of nitriles is 1. The van der Waals surface area contributed by atoms with E-state index in [9.17, 15) is 10.1 Å². The molecular weight excluding hydrogens is 298 g/mol. The van der Waals surface area contributed by atoms with Gasteiger partial charge in [-0.2, -0.15) is 10.2 Å². The fourth-order valence-electron chi connectivity index (χ4n) is 2.83. The minimum absolute atomic E-state index is 0.0853. The van der Waals surface area contributed by atoms with Crippen LogP contribution in [0, 0.1) is 28.4 Å². The van der Waals surface area contributed by atoms with E-state index in [0.29, 0.717) is 11.7 Å². The van der Waals surface area contributed by atoms with Crippen molar-refractivity contribution in [2.75, 3.05) is 18.0 Å². The number of piperidine rings is 1. The van der Waals surface area contributed by atoms with Crippen molar-refractivity contribution >= 4 is 11.4 Å². The van der Waals surface area contributed by atoms with E-state index in [1.807, 2.05) is 6.07 Å². The molecule has 1 saturated heterocycles. The zero-order chi connectivity index (χ0) is 16.4. The van der Waals surface area contributed by atoms with E-state index in [-0.39, 0.29) is 17.2 Å². The molecule has 1 aliphatic heterocycles. The summed E-state index contributed by atoms with van der Waals surface area (Å²) in [6, 6.07) is 6.55. The van der Waals surface area contributed by atoms with Gasteiger partial charge >= 0.3 is 0 Å². The Hall–Kier alpha value is -2.95. The normalized spacial score (nSPS) is 15.4. The Morgan fingerprint density at radius 2 is 2.17 bits per heavy atom. The number of benzene rings is 1. The van der Waals surface area contributed by atoms with Crippen LogP contribution in [0.5, 0.6) is 0 Å². The van der Waals surface area contributed by atoms with Crippen LogP contribution < -0.4 is 4.90 Å². The number of hydrogen-bond acceptors (Lipinski definition) is 7. The van der Waals surface area contributed by atoms with Crippen molar-refractivity contribution < 1.29 is 9.45 Å². The van der Waals surface area contributed by atoms with Crippen LogP contribution >= 0.6 is 0 Å². The zero-order valence-electron chi connectivity index (χ0n) is 12.6. The number of nitro benzene ring substituents is 1. The maximum Gasteiger partial charge on any atom is 0.287 e. The quantitative estimate of drug-likeness (QED) is 0.632. The third-order valence-electron chi connectivity index (χ3n) is 4.05. The van der Waals surface area contributed by atoms with Crippen molar-refractivity contribution in [3.63, 3.8) is 0 Å². The molecule has 0 radical (unpaired) electrons. The molecule has 0 unspecified atom stereocenters. The second-order valence-corrected chi connectivity index (χ2v) is 5.51. The standard InChI is InChI=1S/C15H15N5O3/c1-10-17-15(23-18-10)11-4-6-19(7-5-11)13-2-3-14(20(21)22)12(8-13)9-16/h2-3,8,11H,4-7H2,1H3. The second kappa shape index (κ2) is 6.04. The fourth-order valence-corrected chi connectivity index (χ4v) is 2.83. The molecule has 0 aliphatic carbocycles. The van der Waals surface area contributed by atoms with Crippen molar-refractivity contribution in [1.29, 1.82) is 5.26 Å². The Balaban J connectivity index is 1.73. The average molecular weight is 313 g/mol. The largest absolute Gasteiger partial charge is 0.371 e. The molecule has 0 amide bonds. The first-order valence-electron chi connectivity index (χ1n) is 7.32. The molecule has 0 saturated carbocycles. The molecule has 2 heterocycles. The first kappa shape index (κ1) is 15.0. The fraction of sp³-hybridized carbons (Fsp3) is 0.400. The summed E-state index contributed by atoms with van der Waals surface area (Å²) in [5.41, 5.74) is 0.752. The minimum Gasteiger partial charge on any atom is -0.371 e. The molecule has 0 atom stereocenters. The first-order valence-corrected chi connectivity index (χ1v) is 7.32. The molecule has 0 spiro atoms. The third kappa shape index (κ3) is 2.99. The Labute approximate surface area is 132 Å². The maximum atomic E-state index is 10.9. The van der Waals surface area contributed by atoms with Crippen molar-refractivity contribution in [3.05, 3.63) is 45.6 Å². The van der Waals surface area contributed by atoms with E-state index >= 15 is 0 Å². The summed E-state index contributed by atoms with van der Waals surface area (Å²) < 4.78 is 5.23. The van der Waals surface area contributed by atoms with Crippen LogP contribution in [0.1, 0.15) is 36.0 Å². The highest BCUT2D eigenvalue weighted by Crippen LogP contribution is 2.31. The van der Waals surface area contributed by atoms with Gasteiger partial charge in [0.25, 0.3) is 5.69 Å². The van der Waals surface area contributed by atoms with Crippen molar-refractivity contribution in [2.24, 2.45) is 0 Å². The lowest BCUT2D eigenvalue weighted by Gasteiger charge is -2.32. The third-order valence-corrected chi connectivity index (χ3v) is 4.05. The monoisotopic (exact) mass is 313 g/mol. The molecule has 2 aromatic rings. The molecule has 23 heavy (non-hydrogen) atoms. The van der Waals surface area contributed by atoms with Crippen molar-refractivity contribution in [1.82, 2.24) is 10.1 Å². The Kier molecular flexibility index (Phi) is 3.93. The number of aryl methyl sites for hydroxylation is 1. The summed E-state index contributed by atoms with van der Waals surface area (Å²) in [4.78, 5) is 16.7. The molecule has 1 aromatic heterocycles. The minimum atomic E-state index is -0.535. The van der Waals surface area contributed by atoms with E-state index in [4.69, 9.17) is 9.78 Å². The molecule has 8 heteroatoms. The second-order valence-electron chi connectivity index (χ2n) is 5.51. The lowest BCUT2D eigenvalue weighted by Crippen LogP contribution is -2.33. The Bertz CT molecular complexity index is 772. The van der Waals surface area contributed by atoms with Gasteiger partial charge in [0.05, 0.1) is 4.92 Å². The molecule has 0 bridgehead atoms. The smallest absolute Gasteiger partial charge is 0.287 e. The molecule has 0 N–H and O–H groups in total. The summed E-state index contributed by atoms with van der Waals surface area (Å²) in [7, 11) is 0.